The predicted molar refractivity (Wildman–Crippen MR) is 113 cm³/mol. The molecule has 144 valence electrons. The van der Waals surface area contributed by atoms with Gasteiger partial charge in [-0.3, -0.25) is 0 Å². The van der Waals surface area contributed by atoms with E-state index in [-0.39, 0.29) is 11.6 Å². The van der Waals surface area contributed by atoms with E-state index in [1.807, 2.05) is 24.3 Å². The highest BCUT2D eigenvalue weighted by atomic mass is 19.1. The molecule has 0 fully saturated rings. The van der Waals surface area contributed by atoms with Crippen molar-refractivity contribution in [3.05, 3.63) is 108 Å². The molecule has 0 aliphatic rings. The first-order valence-electron chi connectivity index (χ1n) is 9.45. The van der Waals surface area contributed by atoms with Crippen molar-refractivity contribution in [1.82, 2.24) is 0 Å². The number of benzene rings is 4. The first-order chi connectivity index (χ1) is 14.1. The van der Waals surface area contributed by atoms with Crippen molar-refractivity contribution >= 4 is 10.8 Å². The molecule has 0 bridgehead atoms. The zero-order valence-electron chi connectivity index (χ0n) is 15.8. The highest BCUT2D eigenvalue weighted by Crippen LogP contribution is 2.32. The Kier molecular flexibility index (Phi) is 5.22. The third-order valence-electron chi connectivity index (χ3n) is 5.09. The van der Waals surface area contributed by atoms with E-state index in [0.717, 1.165) is 23.8 Å². The van der Waals surface area contributed by atoms with Crippen molar-refractivity contribution in [3.63, 3.8) is 0 Å². The number of allylic oxidation sites excluding steroid dienone is 1. The second-order valence-electron chi connectivity index (χ2n) is 7.01. The van der Waals surface area contributed by atoms with Gasteiger partial charge in [0.05, 0.1) is 0 Å². The van der Waals surface area contributed by atoms with Crippen LogP contribution in [-0.4, -0.2) is 0 Å². The van der Waals surface area contributed by atoms with Gasteiger partial charge in [-0.2, -0.15) is 0 Å². The average Bonchev–Trinajstić information content (AvgIpc) is 2.73. The largest absolute Gasteiger partial charge is 0.207 e. The zero-order valence-corrected chi connectivity index (χ0v) is 15.8. The Morgan fingerprint density at radius 2 is 1.45 bits per heavy atom. The highest BCUT2D eigenvalue weighted by Gasteiger charge is 2.13. The molecule has 4 aromatic rings. The summed E-state index contributed by atoms with van der Waals surface area (Å²) >= 11 is 0. The van der Waals surface area contributed by atoms with Gasteiger partial charge in [-0.05, 0) is 53.1 Å². The fraction of sp³-hybridized carbons (Fsp3) is 0.0769. The van der Waals surface area contributed by atoms with Gasteiger partial charge in [0.25, 0.3) is 0 Å². The van der Waals surface area contributed by atoms with E-state index < -0.39 is 5.82 Å². The molecule has 0 aliphatic carbocycles. The van der Waals surface area contributed by atoms with E-state index in [2.05, 4.69) is 6.58 Å². The number of aryl methyl sites for hydroxylation is 1. The van der Waals surface area contributed by atoms with Gasteiger partial charge in [0.2, 0.25) is 0 Å². The van der Waals surface area contributed by atoms with Crippen LogP contribution in [0.1, 0.15) is 12.0 Å². The molecule has 0 nitrogen and oxygen atoms in total. The molecule has 0 aromatic heterocycles. The van der Waals surface area contributed by atoms with Crippen molar-refractivity contribution in [1.29, 1.82) is 0 Å². The van der Waals surface area contributed by atoms with E-state index in [1.54, 1.807) is 24.3 Å². The fourth-order valence-corrected chi connectivity index (χ4v) is 3.53. The van der Waals surface area contributed by atoms with E-state index in [9.17, 15) is 8.78 Å². The van der Waals surface area contributed by atoms with Gasteiger partial charge in [-0.1, -0.05) is 60.7 Å². The van der Waals surface area contributed by atoms with Crippen molar-refractivity contribution in [2.24, 2.45) is 0 Å². The first-order valence-corrected chi connectivity index (χ1v) is 9.45. The Hall–Kier alpha value is -3.33. The summed E-state index contributed by atoms with van der Waals surface area (Å²) in [4.78, 5) is 0. The maximum absolute atomic E-state index is 15.2. The van der Waals surface area contributed by atoms with Gasteiger partial charge in [-0.15, -0.1) is 6.58 Å². The van der Waals surface area contributed by atoms with E-state index in [4.69, 9.17) is 0 Å². The predicted octanol–water partition coefficient (Wildman–Crippen LogP) is 7.71. The SMILES string of the molecule is C=CCCc1ccc2c(F)c(-c3ccc(-c4ccc(F)cc4)c(F)c3)ccc2c1. The molecule has 3 heteroatoms. The van der Waals surface area contributed by atoms with Gasteiger partial charge in [-0.25, -0.2) is 13.2 Å². The maximum Gasteiger partial charge on any atom is 0.138 e. The topological polar surface area (TPSA) is 0 Å². The smallest absolute Gasteiger partial charge is 0.138 e. The normalized spacial score (nSPS) is 11.0. The van der Waals surface area contributed by atoms with Crippen LogP contribution >= 0.6 is 0 Å². The first kappa shape index (κ1) is 19.0. The van der Waals surface area contributed by atoms with Gasteiger partial charge in [0, 0.05) is 16.5 Å². The minimum atomic E-state index is -0.478. The molecule has 4 rings (SSSR count). The lowest BCUT2D eigenvalue weighted by atomic mass is 9.96. The third kappa shape index (κ3) is 3.81. The minimum absolute atomic E-state index is 0.348. The molecule has 0 heterocycles. The molecule has 0 N–H and O–H groups in total. The molecular formula is C26H19F3. The Morgan fingerprint density at radius 3 is 2.17 bits per heavy atom. The Morgan fingerprint density at radius 1 is 0.724 bits per heavy atom. The molecule has 0 saturated heterocycles. The summed E-state index contributed by atoms with van der Waals surface area (Å²) < 4.78 is 43.0. The number of hydrogen-bond acceptors (Lipinski definition) is 0. The third-order valence-corrected chi connectivity index (χ3v) is 5.09. The van der Waals surface area contributed by atoms with Crippen LogP contribution in [0.4, 0.5) is 13.2 Å². The fourth-order valence-electron chi connectivity index (χ4n) is 3.53. The van der Waals surface area contributed by atoms with Gasteiger partial charge in [0.1, 0.15) is 17.5 Å². The van der Waals surface area contributed by atoms with Crippen molar-refractivity contribution in [3.8, 4) is 22.3 Å². The van der Waals surface area contributed by atoms with Crippen molar-refractivity contribution < 1.29 is 13.2 Å². The van der Waals surface area contributed by atoms with Crippen LogP contribution in [-0.2, 0) is 6.42 Å². The van der Waals surface area contributed by atoms with Crippen LogP contribution in [0.15, 0.2) is 85.5 Å². The second kappa shape index (κ2) is 7.96. The van der Waals surface area contributed by atoms with Crippen LogP contribution in [0.5, 0.6) is 0 Å². The molecule has 0 spiro atoms. The van der Waals surface area contributed by atoms with Crippen LogP contribution in [0.3, 0.4) is 0 Å². The molecule has 4 aromatic carbocycles. The number of halogens is 3. The quantitative estimate of drug-likeness (QED) is 0.307. The van der Waals surface area contributed by atoms with Crippen LogP contribution in [0.25, 0.3) is 33.0 Å². The molecule has 0 atom stereocenters. The lowest BCUT2D eigenvalue weighted by Crippen LogP contribution is -1.91. The van der Waals surface area contributed by atoms with Gasteiger partial charge >= 0.3 is 0 Å². The Bertz CT molecular complexity index is 1190. The average molecular weight is 388 g/mol. The van der Waals surface area contributed by atoms with E-state index in [1.165, 1.54) is 30.3 Å². The van der Waals surface area contributed by atoms with Crippen molar-refractivity contribution in [2.75, 3.05) is 0 Å². The van der Waals surface area contributed by atoms with E-state index in [0.29, 0.717) is 27.6 Å². The van der Waals surface area contributed by atoms with Crippen LogP contribution < -0.4 is 0 Å². The molecule has 0 saturated carbocycles. The summed E-state index contributed by atoms with van der Waals surface area (Å²) in [5.41, 5.74) is 2.85. The van der Waals surface area contributed by atoms with Crippen LogP contribution in [0, 0.1) is 17.5 Å². The zero-order chi connectivity index (χ0) is 20.4. The second-order valence-corrected chi connectivity index (χ2v) is 7.01. The maximum atomic E-state index is 15.2. The van der Waals surface area contributed by atoms with E-state index >= 15 is 4.39 Å². The highest BCUT2D eigenvalue weighted by molar-refractivity contribution is 5.89. The molecule has 29 heavy (non-hydrogen) atoms. The summed E-state index contributed by atoms with van der Waals surface area (Å²) in [7, 11) is 0. The Labute approximate surface area is 167 Å². The molecule has 0 radical (unpaired) electrons. The summed E-state index contributed by atoms with van der Waals surface area (Å²) in [5, 5.41) is 1.32. The number of fused-ring (bicyclic) bond motifs is 1. The number of rotatable bonds is 5. The van der Waals surface area contributed by atoms with Crippen LogP contribution in [0.2, 0.25) is 0 Å². The standard InChI is InChI=1S/C26H19F3/c1-2-3-4-17-5-12-23-19(15-17)9-14-24(26(23)29)20-8-13-22(25(28)16-20)18-6-10-21(27)11-7-18/h2,5-16H,1,3-4H2. The molecule has 0 aliphatic heterocycles. The van der Waals surface area contributed by atoms with Gasteiger partial charge < -0.3 is 0 Å². The minimum Gasteiger partial charge on any atom is -0.207 e. The number of hydrogen-bond donors (Lipinski definition) is 0. The summed E-state index contributed by atoms with van der Waals surface area (Å²) in [6.07, 6.45) is 3.59. The van der Waals surface area contributed by atoms with Gasteiger partial charge in [0.15, 0.2) is 0 Å². The van der Waals surface area contributed by atoms with Crippen molar-refractivity contribution in [2.45, 2.75) is 12.8 Å². The Balaban J connectivity index is 1.72. The summed E-state index contributed by atoms with van der Waals surface area (Å²) in [6.45, 7) is 3.73. The molecular weight excluding hydrogens is 369 g/mol. The monoisotopic (exact) mass is 388 g/mol. The lowest BCUT2D eigenvalue weighted by molar-refractivity contribution is 0.625. The summed E-state index contributed by atoms with van der Waals surface area (Å²) in [5.74, 6) is -1.23. The molecule has 0 amide bonds. The summed E-state index contributed by atoms with van der Waals surface area (Å²) in [6, 6.07) is 19.4. The lowest BCUT2D eigenvalue weighted by Gasteiger charge is -2.10. The molecule has 0 unspecified atom stereocenters.